The summed E-state index contributed by atoms with van der Waals surface area (Å²) in [7, 11) is 0. The third kappa shape index (κ3) is 4.58. The van der Waals surface area contributed by atoms with Gasteiger partial charge in [-0.2, -0.15) is 0 Å². The molecule has 3 aromatic rings. The Morgan fingerprint density at radius 2 is 1.50 bits per heavy atom. The summed E-state index contributed by atoms with van der Waals surface area (Å²) in [4.78, 5) is 16.8. The normalized spacial score (nSPS) is 19.0. The first kappa shape index (κ1) is 18.2. The SMILES string of the molecule is O=C(NC1CCC(Oc2ccccn2)CC1)c1ccc(-c2ccccc2)cc1. The second kappa shape index (κ2) is 8.70. The van der Waals surface area contributed by atoms with Gasteiger partial charge in [-0.1, -0.05) is 48.5 Å². The number of ether oxygens (including phenoxy) is 1. The Hall–Kier alpha value is -3.14. The van der Waals surface area contributed by atoms with Gasteiger partial charge in [-0.25, -0.2) is 4.98 Å². The van der Waals surface area contributed by atoms with Crippen LogP contribution in [0.1, 0.15) is 36.0 Å². The van der Waals surface area contributed by atoms with Crippen molar-refractivity contribution in [3.05, 3.63) is 84.6 Å². The number of aromatic nitrogens is 1. The first-order valence-corrected chi connectivity index (χ1v) is 9.82. The summed E-state index contributed by atoms with van der Waals surface area (Å²) in [6.07, 6.45) is 5.61. The standard InChI is InChI=1S/C24H24N2O2/c27-24(20-11-9-19(10-12-20)18-6-2-1-3-7-18)26-21-13-15-22(16-14-21)28-23-8-4-5-17-25-23/h1-12,17,21-22H,13-16H2,(H,26,27). The van der Waals surface area contributed by atoms with Crippen molar-refractivity contribution in [2.75, 3.05) is 0 Å². The minimum absolute atomic E-state index is 0.00583. The lowest BCUT2D eigenvalue weighted by Gasteiger charge is -2.29. The molecule has 28 heavy (non-hydrogen) atoms. The van der Waals surface area contributed by atoms with Crippen LogP contribution in [0.3, 0.4) is 0 Å². The van der Waals surface area contributed by atoms with Gasteiger partial charge in [-0.05, 0) is 55.0 Å². The molecular weight excluding hydrogens is 348 g/mol. The molecule has 1 N–H and O–H groups in total. The molecule has 1 amide bonds. The molecule has 1 aliphatic carbocycles. The van der Waals surface area contributed by atoms with Crippen molar-refractivity contribution in [2.45, 2.75) is 37.8 Å². The fraction of sp³-hybridized carbons (Fsp3) is 0.250. The fourth-order valence-corrected chi connectivity index (χ4v) is 3.63. The van der Waals surface area contributed by atoms with E-state index in [0.717, 1.165) is 36.8 Å². The smallest absolute Gasteiger partial charge is 0.251 e. The number of rotatable bonds is 5. The molecule has 4 rings (SSSR count). The summed E-state index contributed by atoms with van der Waals surface area (Å²) in [6, 6.07) is 23.9. The number of hydrogen-bond donors (Lipinski definition) is 1. The van der Waals surface area contributed by atoms with Crippen LogP contribution in [0.15, 0.2) is 79.0 Å². The zero-order valence-electron chi connectivity index (χ0n) is 15.8. The van der Waals surface area contributed by atoms with E-state index in [9.17, 15) is 4.79 Å². The molecule has 1 heterocycles. The molecule has 0 bridgehead atoms. The van der Waals surface area contributed by atoms with E-state index >= 15 is 0 Å². The van der Waals surface area contributed by atoms with Crippen LogP contribution < -0.4 is 10.1 Å². The van der Waals surface area contributed by atoms with Gasteiger partial charge in [0.05, 0.1) is 0 Å². The number of amides is 1. The molecule has 2 aromatic carbocycles. The Morgan fingerprint density at radius 3 is 2.18 bits per heavy atom. The van der Waals surface area contributed by atoms with Crippen molar-refractivity contribution in [3.63, 3.8) is 0 Å². The van der Waals surface area contributed by atoms with Crippen LogP contribution in [0.2, 0.25) is 0 Å². The Morgan fingerprint density at radius 1 is 0.821 bits per heavy atom. The molecule has 142 valence electrons. The van der Waals surface area contributed by atoms with E-state index in [-0.39, 0.29) is 18.1 Å². The lowest BCUT2D eigenvalue weighted by Crippen LogP contribution is -2.39. The zero-order valence-corrected chi connectivity index (χ0v) is 15.8. The van der Waals surface area contributed by atoms with Crippen molar-refractivity contribution in [2.24, 2.45) is 0 Å². The van der Waals surface area contributed by atoms with Gasteiger partial charge in [0.1, 0.15) is 6.10 Å². The molecule has 0 saturated heterocycles. The Balaban J connectivity index is 1.29. The number of carbonyl (C=O) groups excluding carboxylic acids is 1. The molecule has 0 aliphatic heterocycles. The number of benzene rings is 2. The van der Waals surface area contributed by atoms with Crippen LogP contribution >= 0.6 is 0 Å². The molecule has 0 atom stereocenters. The number of pyridine rings is 1. The van der Waals surface area contributed by atoms with E-state index in [1.54, 1.807) is 6.20 Å². The highest BCUT2D eigenvalue weighted by atomic mass is 16.5. The highest BCUT2D eigenvalue weighted by molar-refractivity contribution is 5.94. The average Bonchev–Trinajstić information content (AvgIpc) is 2.76. The summed E-state index contributed by atoms with van der Waals surface area (Å²) in [5, 5.41) is 3.17. The first-order valence-electron chi connectivity index (χ1n) is 9.82. The molecule has 0 unspecified atom stereocenters. The van der Waals surface area contributed by atoms with Gasteiger partial charge in [0.2, 0.25) is 5.88 Å². The van der Waals surface area contributed by atoms with Gasteiger partial charge in [-0.3, -0.25) is 4.79 Å². The van der Waals surface area contributed by atoms with E-state index in [0.29, 0.717) is 11.4 Å². The highest BCUT2D eigenvalue weighted by Crippen LogP contribution is 2.23. The summed E-state index contributed by atoms with van der Waals surface area (Å²) in [5.41, 5.74) is 2.97. The van der Waals surface area contributed by atoms with Gasteiger partial charge >= 0.3 is 0 Å². The first-order chi connectivity index (χ1) is 13.8. The minimum Gasteiger partial charge on any atom is -0.474 e. The van der Waals surface area contributed by atoms with Gasteiger partial charge in [-0.15, -0.1) is 0 Å². The van der Waals surface area contributed by atoms with Crippen molar-refractivity contribution in [3.8, 4) is 17.0 Å². The monoisotopic (exact) mass is 372 g/mol. The molecular formula is C24H24N2O2. The van der Waals surface area contributed by atoms with Crippen molar-refractivity contribution < 1.29 is 9.53 Å². The third-order valence-corrected chi connectivity index (χ3v) is 5.19. The molecule has 4 heteroatoms. The van der Waals surface area contributed by atoms with Gasteiger partial charge in [0, 0.05) is 23.9 Å². The minimum atomic E-state index is -0.00583. The largest absolute Gasteiger partial charge is 0.474 e. The molecule has 0 radical (unpaired) electrons. The Labute approximate surface area is 165 Å². The second-order valence-corrected chi connectivity index (χ2v) is 7.18. The van der Waals surface area contributed by atoms with E-state index < -0.39 is 0 Å². The number of nitrogens with zero attached hydrogens (tertiary/aromatic N) is 1. The predicted molar refractivity (Wildman–Crippen MR) is 110 cm³/mol. The zero-order chi connectivity index (χ0) is 19.2. The Bertz CT molecular complexity index is 887. The maximum Gasteiger partial charge on any atom is 0.251 e. The highest BCUT2D eigenvalue weighted by Gasteiger charge is 2.24. The summed E-state index contributed by atoms with van der Waals surface area (Å²) in [5.74, 6) is 0.669. The third-order valence-electron chi connectivity index (χ3n) is 5.19. The fourth-order valence-electron chi connectivity index (χ4n) is 3.63. The van der Waals surface area contributed by atoms with Gasteiger partial charge < -0.3 is 10.1 Å². The van der Waals surface area contributed by atoms with Crippen molar-refractivity contribution in [1.29, 1.82) is 0 Å². The average molecular weight is 372 g/mol. The number of nitrogens with one attached hydrogen (secondary N) is 1. The molecule has 1 fully saturated rings. The van der Waals surface area contributed by atoms with E-state index in [1.165, 1.54) is 0 Å². The van der Waals surface area contributed by atoms with Gasteiger partial charge in [0.15, 0.2) is 0 Å². The van der Waals surface area contributed by atoms with E-state index in [2.05, 4.69) is 22.4 Å². The van der Waals surface area contributed by atoms with Crippen LogP contribution in [-0.2, 0) is 0 Å². The van der Waals surface area contributed by atoms with E-state index in [1.807, 2.05) is 60.7 Å². The number of hydrogen-bond acceptors (Lipinski definition) is 3. The van der Waals surface area contributed by atoms with Crippen molar-refractivity contribution in [1.82, 2.24) is 10.3 Å². The van der Waals surface area contributed by atoms with Crippen LogP contribution in [0.5, 0.6) is 5.88 Å². The molecule has 1 aliphatic rings. The number of carbonyl (C=O) groups is 1. The molecule has 1 saturated carbocycles. The maximum atomic E-state index is 12.6. The predicted octanol–water partition coefficient (Wildman–Crippen LogP) is 4.87. The summed E-state index contributed by atoms with van der Waals surface area (Å²) < 4.78 is 5.92. The van der Waals surface area contributed by atoms with Crippen LogP contribution in [0, 0.1) is 0 Å². The van der Waals surface area contributed by atoms with Gasteiger partial charge in [0.25, 0.3) is 5.91 Å². The topological polar surface area (TPSA) is 51.2 Å². The lowest BCUT2D eigenvalue weighted by atomic mass is 9.92. The molecule has 0 spiro atoms. The van der Waals surface area contributed by atoms with E-state index in [4.69, 9.17) is 4.74 Å². The summed E-state index contributed by atoms with van der Waals surface area (Å²) in [6.45, 7) is 0. The molecule has 1 aromatic heterocycles. The lowest BCUT2D eigenvalue weighted by molar-refractivity contribution is 0.0890. The quantitative estimate of drug-likeness (QED) is 0.695. The second-order valence-electron chi connectivity index (χ2n) is 7.18. The summed E-state index contributed by atoms with van der Waals surface area (Å²) >= 11 is 0. The van der Waals surface area contributed by atoms with Crippen LogP contribution in [0.25, 0.3) is 11.1 Å². The van der Waals surface area contributed by atoms with Crippen LogP contribution in [0.4, 0.5) is 0 Å². The van der Waals surface area contributed by atoms with Crippen LogP contribution in [-0.4, -0.2) is 23.0 Å². The van der Waals surface area contributed by atoms with Crippen molar-refractivity contribution >= 4 is 5.91 Å². The Kier molecular flexibility index (Phi) is 5.66. The maximum absolute atomic E-state index is 12.6. The molecule has 4 nitrogen and oxygen atoms in total.